The highest BCUT2D eigenvalue weighted by atomic mass is 79.9. The number of benzene rings is 4. The van der Waals surface area contributed by atoms with Crippen LogP contribution in [0.4, 0.5) is 0 Å². The van der Waals surface area contributed by atoms with Gasteiger partial charge in [-0.05, 0) is 47.0 Å². The van der Waals surface area contributed by atoms with E-state index in [2.05, 4.69) is 28.1 Å². The fraction of sp³-hybridized carbons (Fsp3) is 0.103. The molecule has 0 bridgehead atoms. The summed E-state index contributed by atoms with van der Waals surface area (Å²) in [6, 6.07) is 31.2. The molecule has 0 fully saturated rings. The van der Waals surface area contributed by atoms with Crippen LogP contribution in [0.25, 0.3) is 11.1 Å². The monoisotopic (exact) mass is 542 g/mol. The Kier molecular flexibility index (Phi) is 5.67. The van der Waals surface area contributed by atoms with Crippen molar-refractivity contribution in [1.82, 2.24) is 5.01 Å². The number of rotatable bonds is 4. The van der Waals surface area contributed by atoms with Gasteiger partial charge >= 0.3 is 0 Å². The van der Waals surface area contributed by atoms with E-state index >= 15 is 0 Å². The van der Waals surface area contributed by atoms with Crippen molar-refractivity contribution in [2.24, 2.45) is 5.10 Å². The van der Waals surface area contributed by atoms with E-state index in [0.29, 0.717) is 22.8 Å². The molecule has 172 valence electrons. The van der Waals surface area contributed by atoms with E-state index in [1.54, 1.807) is 11.1 Å². The first-order valence-electron chi connectivity index (χ1n) is 11.3. The summed E-state index contributed by atoms with van der Waals surface area (Å²) in [5.74, 6) is 0.540. The van der Waals surface area contributed by atoms with Gasteiger partial charge in [0, 0.05) is 27.0 Å². The summed E-state index contributed by atoms with van der Waals surface area (Å²) in [4.78, 5) is 13.7. The average molecular weight is 544 g/mol. The standard InChI is InChI=1S/C29H20BrClN2O2/c30-22-12-10-20(11-13-22)25-17-26-24-16-23(31)14-15-27(24)35-29(33(26)32-25)28(34)21-8-6-19(7-9-21)18-4-2-1-3-5-18/h1-16,26,29H,17H2/t26-,29+/m0/s1. The van der Waals surface area contributed by atoms with Crippen molar-refractivity contribution in [3.8, 4) is 16.9 Å². The lowest BCUT2D eigenvalue weighted by Crippen LogP contribution is -2.45. The van der Waals surface area contributed by atoms with E-state index in [1.165, 1.54) is 0 Å². The van der Waals surface area contributed by atoms with Crippen molar-refractivity contribution in [1.29, 1.82) is 0 Å². The van der Waals surface area contributed by atoms with Crippen molar-refractivity contribution in [2.75, 3.05) is 0 Å². The van der Waals surface area contributed by atoms with Crippen molar-refractivity contribution < 1.29 is 9.53 Å². The maximum Gasteiger partial charge on any atom is 0.251 e. The summed E-state index contributed by atoms with van der Waals surface area (Å²) in [6.07, 6.45) is -0.195. The van der Waals surface area contributed by atoms with Crippen molar-refractivity contribution in [3.05, 3.63) is 123 Å². The van der Waals surface area contributed by atoms with E-state index in [1.807, 2.05) is 78.9 Å². The number of halogens is 2. The molecular formula is C29H20BrClN2O2. The Morgan fingerprint density at radius 1 is 0.886 bits per heavy atom. The van der Waals surface area contributed by atoms with Gasteiger partial charge in [-0.2, -0.15) is 5.10 Å². The summed E-state index contributed by atoms with van der Waals surface area (Å²) in [7, 11) is 0. The molecule has 0 radical (unpaired) electrons. The zero-order chi connectivity index (χ0) is 23.9. The molecule has 4 nitrogen and oxygen atoms in total. The highest BCUT2D eigenvalue weighted by Crippen LogP contribution is 2.44. The minimum atomic E-state index is -0.857. The Morgan fingerprint density at radius 2 is 1.57 bits per heavy atom. The summed E-state index contributed by atoms with van der Waals surface area (Å²) in [5, 5.41) is 7.30. The lowest BCUT2D eigenvalue weighted by Gasteiger charge is -2.37. The lowest BCUT2D eigenvalue weighted by molar-refractivity contribution is -0.00454. The summed E-state index contributed by atoms with van der Waals surface area (Å²) < 4.78 is 7.24. The Morgan fingerprint density at radius 3 is 2.31 bits per heavy atom. The zero-order valence-electron chi connectivity index (χ0n) is 18.6. The number of ether oxygens (including phenoxy) is 1. The van der Waals surface area contributed by atoms with Crippen molar-refractivity contribution >= 4 is 39.0 Å². The fourth-order valence-electron chi connectivity index (χ4n) is 4.65. The summed E-state index contributed by atoms with van der Waals surface area (Å²) in [6.45, 7) is 0. The highest BCUT2D eigenvalue weighted by Gasteiger charge is 2.43. The molecule has 0 N–H and O–H groups in total. The number of ketones is 1. The molecule has 2 aliphatic rings. The lowest BCUT2D eigenvalue weighted by atomic mass is 9.95. The Labute approximate surface area is 216 Å². The van der Waals surface area contributed by atoms with Crippen LogP contribution in [0.1, 0.15) is 33.9 Å². The molecule has 35 heavy (non-hydrogen) atoms. The second-order valence-electron chi connectivity index (χ2n) is 8.61. The van der Waals surface area contributed by atoms with Gasteiger partial charge in [0.2, 0.25) is 5.78 Å². The second-order valence-corrected chi connectivity index (χ2v) is 9.97. The number of Topliss-reactive ketones (excluding diaryl/α,β-unsaturated/α-hetero) is 1. The largest absolute Gasteiger partial charge is 0.461 e. The first kappa shape index (κ1) is 22.1. The average Bonchev–Trinajstić information content (AvgIpc) is 3.35. The minimum absolute atomic E-state index is 0.129. The number of hydrogen-bond donors (Lipinski definition) is 0. The normalized spacial score (nSPS) is 18.3. The fourth-order valence-corrected chi connectivity index (χ4v) is 5.09. The maximum atomic E-state index is 13.7. The summed E-state index contributed by atoms with van der Waals surface area (Å²) in [5.41, 5.74) is 5.62. The molecule has 6 rings (SSSR count). The van der Waals surface area contributed by atoms with Crippen LogP contribution < -0.4 is 4.74 Å². The number of carbonyl (C=O) groups excluding carboxylic acids is 1. The van der Waals surface area contributed by atoms with E-state index in [4.69, 9.17) is 21.4 Å². The number of nitrogens with zero attached hydrogens (tertiary/aromatic N) is 2. The summed E-state index contributed by atoms with van der Waals surface area (Å²) >= 11 is 9.80. The minimum Gasteiger partial charge on any atom is -0.461 e. The third kappa shape index (κ3) is 4.15. The molecule has 2 atom stereocenters. The van der Waals surface area contributed by atoms with Gasteiger partial charge in [-0.3, -0.25) is 4.79 Å². The molecule has 0 spiro atoms. The van der Waals surface area contributed by atoms with Gasteiger partial charge in [0.1, 0.15) is 5.75 Å². The third-order valence-electron chi connectivity index (χ3n) is 6.43. The van der Waals surface area contributed by atoms with Crippen LogP contribution in [0.5, 0.6) is 5.75 Å². The van der Waals surface area contributed by atoms with Crippen LogP contribution in [0.2, 0.25) is 5.02 Å². The number of hydrazone groups is 1. The van der Waals surface area contributed by atoms with Gasteiger partial charge in [-0.15, -0.1) is 0 Å². The number of carbonyl (C=O) groups is 1. The molecular weight excluding hydrogens is 524 g/mol. The predicted molar refractivity (Wildman–Crippen MR) is 142 cm³/mol. The molecule has 0 amide bonds. The molecule has 6 heteroatoms. The second kappa shape index (κ2) is 8.99. The van der Waals surface area contributed by atoms with Gasteiger partial charge < -0.3 is 4.74 Å². The molecule has 4 aromatic rings. The smallest absolute Gasteiger partial charge is 0.251 e. The molecule has 0 saturated heterocycles. The van der Waals surface area contributed by atoms with Gasteiger partial charge in [-0.1, -0.05) is 94.3 Å². The van der Waals surface area contributed by atoms with Crippen LogP contribution >= 0.6 is 27.5 Å². The first-order chi connectivity index (χ1) is 17.1. The van der Waals surface area contributed by atoms with E-state index in [0.717, 1.165) is 32.4 Å². The number of fused-ring (bicyclic) bond motifs is 3. The van der Waals surface area contributed by atoms with E-state index < -0.39 is 6.23 Å². The van der Waals surface area contributed by atoms with Crippen LogP contribution in [0.3, 0.4) is 0 Å². The molecule has 0 unspecified atom stereocenters. The Hall–Kier alpha value is -3.41. The topological polar surface area (TPSA) is 41.9 Å². The molecule has 4 aromatic carbocycles. The van der Waals surface area contributed by atoms with Gasteiger partial charge in [0.25, 0.3) is 6.23 Å². The predicted octanol–water partition coefficient (Wildman–Crippen LogP) is 7.52. The highest BCUT2D eigenvalue weighted by molar-refractivity contribution is 9.10. The molecule has 0 aromatic heterocycles. The van der Waals surface area contributed by atoms with Crippen LogP contribution in [-0.4, -0.2) is 22.7 Å². The van der Waals surface area contributed by atoms with Crippen LogP contribution in [-0.2, 0) is 0 Å². The van der Waals surface area contributed by atoms with Crippen molar-refractivity contribution in [3.63, 3.8) is 0 Å². The quantitative estimate of drug-likeness (QED) is 0.250. The van der Waals surface area contributed by atoms with E-state index in [-0.39, 0.29) is 11.8 Å². The zero-order valence-corrected chi connectivity index (χ0v) is 20.9. The van der Waals surface area contributed by atoms with Crippen molar-refractivity contribution in [2.45, 2.75) is 18.7 Å². The van der Waals surface area contributed by atoms with E-state index in [9.17, 15) is 4.79 Å². The Balaban J connectivity index is 1.36. The van der Waals surface area contributed by atoms with Gasteiger partial charge in [0.15, 0.2) is 0 Å². The number of hydrogen-bond acceptors (Lipinski definition) is 4. The molecule has 2 aliphatic heterocycles. The molecule has 0 saturated carbocycles. The van der Waals surface area contributed by atoms with Gasteiger partial charge in [-0.25, -0.2) is 5.01 Å². The van der Waals surface area contributed by atoms with Crippen LogP contribution in [0.15, 0.2) is 107 Å². The molecule has 2 heterocycles. The third-order valence-corrected chi connectivity index (χ3v) is 7.19. The Bertz CT molecular complexity index is 1440. The first-order valence-corrected chi connectivity index (χ1v) is 12.5. The van der Waals surface area contributed by atoms with Gasteiger partial charge in [0.05, 0.1) is 11.8 Å². The van der Waals surface area contributed by atoms with Crippen LogP contribution in [0, 0.1) is 0 Å². The maximum absolute atomic E-state index is 13.7. The SMILES string of the molecule is O=C(c1ccc(-c2ccccc2)cc1)[C@H]1Oc2ccc(Cl)cc2[C@@H]2CC(c3ccc(Br)cc3)=NN12. The molecule has 0 aliphatic carbocycles.